The Bertz CT molecular complexity index is 359. The monoisotopic (exact) mass is 317 g/mol. The number of unbranched alkanes of at least 4 members (excludes halogenated alkanes) is 8. The summed E-state index contributed by atoms with van der Waals surface area (Å²) in [7, 11) is 2.12. The summed E-state index contributed by atoms with van der Waals surface area (Å²) >= 11 is 0. The maximum Gasteiger partial charge on any atom is 0.00697 e. The Kier molecular flexibility index (Phi) is 12.0. The van der Waals surface area contributed by atoms with Gasteiger partial charge in [0.2, 0.25) is 0 Å². The van der Waals surface area contributed by atoms with E-state index in [4.69, 9.17) is 0 Å². The van der Waals surface area contributed by atoms with Crippen LogP contribution in [0.5, 0.6) is 0 Å². The number of hydrogen-bond donors (Lipinski definition) is 1. The lowest BCUT2D eigenvalue weighted by atomic mass is 9.91. The van der Waals surface area contributed by atoms with Crippen LogP contribution in [0.4, 0.5) is 0 Å². The lowest BCUT2D eigenvalue weighted by molar-refractivity contribution is 0.432. The van der Waals surface area contributed by atoms with Gasteiger partial charge in [-0.1, -0.05) is 102 Å². The van der Waals surface area contributed by atoms with E-state index in [9.17, 15) is 0 Å². The molecule has 1 nitrogen and oxygen atoms in total. The molecule has 0 bridgehead atoms. The van der Waals surface area contributed by atoms with Crippen LogP contribution in [0.2, 0.25) is 0 Å². The highest BCUT2D eigenvalue weighted by atomic mass is 14.9. The Morgan fingerprint density at radius 1 is 0.826 bits per heavy atom. The zero-order valence-corrected chi connectivity index (χ0v) is 15.8. The molecule has 0 aliphatic carbocycles. The molecule has 0 saturated heterocycles. The second kappa shape index (κ2) is 13.6. The maximum atomic E-state index is 3.53. The first kappa shape index (κ1) is 20.2. The van der Waals surface area contributed by atoms with E-state index in [0.29, 0.717) is 12.0 Å². The van der Waals surface area contributed by atoms with Crippen LogP contribution in [-0.4, -0.2) is 13.1 Å². The molecular weight excluding hydrogens is 278 g/mol. The average Bonchev–Trinajstić information content (AvgIpc) is 2.59. The van der Waals surface area contributed by atoms with Crippen LogP contribution in [0.25, 0.3) is 0 Å². The molecule has 132 valence electrons. The van der Waals surface area contributed by atoms with Gasteiger partial charge in [-0.15, -0.1) is 0 Å². The van der Waals surface area contributed by atoms with Crippen molar-refractivity contribution < 1.29 is 0 Å². The molecule has 0 saturated carbocycles. The third kappa shape index (κ3) is 9.81. The normalized spacial score (nSPS) is 13.9. The summed E-state index contributed by atoms with van der Waals surface area (Å²) in [6.45, 7) is 4.65. The van der Waals surface area contributed by atoms with Crippen LogP contribution >= 0.6 is 0 Å². The van der Waals surface area contributed by atoms with Crippen molar-refractivity contribution in [2.45, 2.75) is 96.4 Å². The Morgan fingerprint density at radius 3 is 1.96 bits per heavy atom. The Labute approximate surface area is 145 Å². The van der Waals surface area contributed by atoms with Gasteiger partial charge in [-0.05, 0) is 31.4 Å². The van der Waals surface area contributed by atoms with Gasteiger partial charge in [0.15, 0.2) is 0 Å². The average molecular weight is 318 g/mol. The molecule has 1 heteroatoms. The summed E-state index contributed by atoms with van der Waals surface area (Å²) in [4.78, 5) is 0. The van der Waals surface area contributed by atoms with Crippen molar-refractivity contribution in [2.75, 3.05) is 7.05 Å². The lowest BCUT2D eigenvalue weighted by Crippen LogP contribution is -2.26. The van der Waals surface area contributed by atoms with Gasteiger partial charge in [0.05, 0.1) is 0 Å². The molecule has 2 unspecified atom stereocenters. The molecule has 1 aromatic carbocycles. The van der Waals surface area contributed by atoms with Crippen LogP contribution in [0.15, 0.2) is 30.3 Å². The van der Waals surface area contributed by atoms with Gasteiger partial charge >= 0.3 is 0 Å². The van der Waals surface area contributed by atoms with Gasteiger partial charge in [-0.25, -0.2) is 0 Å². The molecule has 0 aliphatic rings. The van der Waals surface area contributed by atoms with E-state index in [1.165, 1.54) is 76.2 Å². The van der Waals surface area contributed by atoms with Gasteiger partial charge in [-0.2, -0.15) is 0 Å². The van der Waals surface area contributed by atoms with Crippen LogP contribution in [-0.2, 0) is 0 Å². The lowest BCUT2D eigenvalue weighted by Gasteiger charge is -2.21. The maximum absolute atomic E-state index is 3.53. The number of benzene rings is 1. The summed E-state index contributed by atoms with van der Waals surface area (Å²) in [6, 6.07) is 11.6. The Hall–Kier alpha value is -0.820. The third-order valence-electron chi connectivity index (χ3n) is 5.07. The molecular formula is C22H39N. The zero-order valence-electron chi connectivity index (χ0n) is 15.8. The molecule has 0 fully saturated rings. The van der Waals surface area contributed by atoms with Crippen LogP contribution in [0.1, 0.15) is 96.0 Å². The fourth-order valence-electron chi connectivity index (χ4n) is 3.43. The van der Waals surface area contributed by atoms with E-state index in [0.717, 1.165) is 0 Å². The minimum absolute atomic E-state index is 0.646. The highest BCUT2D eigenvalue weighted by Gasteiger charge is 2.12. The van der Waals surface area contributed by atoms with E-state index in [1.54, 1.807) is 0 Å². The van der Waals surface area contributed by atoms with Crippen molar-refractivity contribution in [2.24, 2.45) is 0 Å². The van der Waals surface area contributed by atoms with Crippen molar-refractivity contribution in [1.82, 2.24) is 5.32 Å². The number of hydrogen-bond acceptors (Lipinski definition) is 1. The van der Waals surface area contributed by atoms with Crippen LogP contribution in [0.3, 0.4) is 0 Å². The second-order valence-corrected chi connectivity index (χ2v) is 7.15. The standard InChI is InChI=1S/C22H39N/c1-4-5-6-7-8-9-10-11-15-18-22(23-3)19-20(2)21-16-13-12-14-17-21/h12-14,16-17,20,22-23H,4-11,15,18-19H2,1-3H3. The van der Waals surface area contributed by atoms with Gasteiger partial charge in [-0.3, -0.25) is 0 Å². The predicted molar refractivity (Wildman–Crippen MR) is 104 cm³/mol. The summed E-state index contributed by atoms with van der Waals surface area (Å²) in [5.74, 6) is 0.646. The van der Waals surface area contributed by atoms with E-state index in [1.807, 2.05) is 0 Å². The third-order valence-corrected chi connectivity index (χ3v) is 5.07. The topological polar surface area (TPSA) is 12.0 Å². The molecule has 0 aliphatic heterocycles. The van der Waals surface area contributed by atoms with Gasteiger partial charge in [0, 0.05) is 6.04 Å². The van der Waals surface area contributed by atoms with Gasteiger partial charge in [0.25, 0.3) is 0 Å². The fourth-order valence-corrected chi connectivity index (χ4v) is 3.43. The van der Waals surface area contributed by atoms with E-state index in [2.05, 4.69) is 56.5 Å². The van der Waals surface area contributed by atoms with Crippen molar-refractivity contribution in [3.05, 3.63) is 35.9 Å². The molecule has 1 N–H and O–H groups in total. The smallest absolute Gasteiger partial charge is 0.00697 e. The van der Waals surface area contributed by atoms with Crippen molar-refractivity contribution >= 4 is 0 Å². The zero-order chi connectivity index (χ0) is 16.8. The number of nitrogens with one attached hydrogen (secondary N) is 1. The fraction of sp³-hybridized carbons (Fsp3) is 0.727. The molecule has 0 amide bonds. The Morgan fingerprint density at radius 2 is 1.39 bits per heavy atom. The molecule has 1 rings (SSSR count). The summed E-state index contributed by atoms with van der Waals surface area (Å²) in [5, 5.41) is 3.53. The quantitative estimate of drug-likeness (QED) is 0.377. The molecule has 0 spiro atoms. The summed E-state index contributed by atoms with van der Waals surface area (Å²) in [5.41, 5.74) is 1.47. The first-order valence-electron chi connectivity index (χ1n) is 10.00. The van der Waals surface area contributed by atoms with E-state index in [-0.39, 0.29) is 0 Å². The predicted octanol–water partition coefficient (Wildman–Crippen LogP) is 6.69. The largest absolute Gasteiger partial charge is 0.317 e. The molecule has 2 atom stereocenters. The summed E-state index contributed by atoms with van der Waals surface area (Å²) in [6.07, 6.45) is 15.3. The second-order valence-electron chi connectivity index (χ2n) is 7.15. The van der Waals surface area contributed by atoms with Crippen molar-refractivity contribution in [1.29, 1.82) is 0 Å². The minimum Gasteiger partial charge on any atom is -0.317 e. The van der Waals surface area contributed by atoms with Gasteiger partial charge in [0.1, 0.15) is 0 Å². The molecule has 0 aromatic heterocycles. The van der Waals surface area contributed by atoms with Gasteiger partial charge < -0.3 is 5.32 Å². The first-order valence-corrected chi connectivity index (χ1v) is 10.00. The molecule has 23 heavy (non-hydrogen) atoms. The van der Waals surface area contributed by atoms with Crippen LogP contribution < -0.4 is 5.32 Å². The molecule has 0 radical (unpaired) electrons. The molecule has 1 aromatic rings. The highest BCUT2D eigenvalue weighted by Crippen LogP contribution is 2.22. The Balaban J connectivity index is 2.07. The van der Waals surface area contributed by atoms with E-state index < -0.39 is 0 Å². The van der Waals surface area contributed by atoms with Crippen molar-refractivity contribution in [3.63, 3.8) is 0 Å². The van der Waals surface area contributed by atoms with Crippen LogP contribution in [0, 0.1) is 0 Å². The highest BCUT2D eigenvalue weighted by molar-refractivity contribution is 5.18. The summed E-state index contributed by atoms with van der Waals surface area (Å²) < 4.78 is 0. The molecule has 0 heterocycles. The first-order chi connectivity index (χ1) is 11.3. The SMILES string of the molecule is CCCCCCCCCCCC(CC(C)c1ccccc1)NC. The number of rotatable bonds is 14. The van der Waals surface area contributed by atoms with Crippen molar-refractivity contribution in [3.8, 4) is 0 Å². The van der Waals surface area contributed by atoms with E-state index >= 15 is 0 Å². The minimum atomic E-state index is 0.646.